The smallest absolute Gasteiger partial charge is 0.229 e. The number of carbonyl (C=O) groups excluding carboxylic acids is 1. The molecule has 7 heteroatoms. The zero-order chi connectivity index (χ0) is 17.9. The van der Waals surface area contributed by atoms with Crippen LogP contribution < -0.4 is 10.2 Å². The van der Waals surface area contributed by atoms with Gasteiger partial charge in [-0.2, -0.15) is 0 Å². The van der Waals surface area contributed by atoms with Gasteiger partial charge in [0.2, 0.25) is 5.91 Å². The highest BCUT2D eigenvalue weighted by atomic mass is 19.1. The van der Waals surface area contributed by atoms with Crippen molar-refractivity contribution in [3.8, 4) is 5.69 Å². The van der Waals surface area contributed by atoms with Crippen LogP contribution in [0, 0.1) is 11.7 Å². The van der Waals surface area contributed by atoms with Crippen molar-refractivity contribution < 1.29 is 9.18 Å². The van der Waals surface area contributed by atoms with E-state index in [9.17, 15) is 9.18 Å². The zero-order valence-corrected chi connectivity index (χ0v) is 14.0. The number of hydrogen-bond acceptors (Lipinski definition) is 4. The second kappa shape index (κ2) is 6.95. The molecule has 0 aliphatic carbocycles. The van der Waals surface area contributed by atoms with Crippen LogP contribution in [-0.4, -0.2) is 33.8 Å². The number of para-hydroxylation sites is 1. The number of anilines is 2. The molecule has 2 heterocycles. The number of nitrogens with zero attached hydrogens (tertiary/aromatic N) is 4. The fourth-order valence-corrected chi connectivity index (χ4v) is 3.20. The maximum Gasteiger partial charge on any atom is 0.229 e. The van der Waals surface area contributed by atoms with Crippen LogP contribution in [0.1, 0.15) is 6.42 Å². The first kappa shape index (κ1) is 16.3. The quantitative estimate of drug-likeness (QED) is 0.785. The molecule has 0 radical (unpaired) electrons. The van der Waals surface area contributed by atoms with Crippen LogP contribution in [-0.2, 0) is 4.79 Å². The van der Waals surface area contributed by atoms with Crippen molar-refractivity contribution in [2.75, 3.05) is 23.3 Å². The molecular weight excluding hydrogens is 333 g/mol. The Labute approximate surface area is 150 Å². The summed E-state index contributed by atoms with van der Waals surface area (Å²) in [5, 5.41) is 10.5. The van der Waals surface area contributed by atoms with Crippen molar-refractivity contribution in [1.82, 2.24) is 14.8 Å². The van der Waals surface area contributed by atoms with Gasteiger partial charge in [0.1, 0.15) is 18.5 Å². The molecule has 1 fully saturated rings. The lowest BCUT2D eigenvalue weighted by atomic mass is 10.1. The Morgan fingerprint density at radius 2 is 1.81 bits per heavy atom. The normalized spacial score (nSPS) is 16.7. The zero-order valence-electron chi connectivity index (χ0n) is 14.0. The van der Waals surface area contributed by atoms with Gasteiger partial charge in [0.05, 0.1) is 11.6 Å². The van der Waals surface area contributed by atoms with Crippen molar-refractivity contribution in [2.45, 2.75) is 6.42 Å². The van der Waals surface area contributed by atoms with E-state index < -0.39 is 0 Å². The largest absolute Gasteiger partial charge is 0.368 e. The van der Waals surface area contributed by atoms with Gasteiger partial charge in [-0.25, -0.2) is 4.39 Å². The number of benzene rings is 2. The highest BCUT2D eigenvalue weighted by Gasteiger charge is 2.29. The molecule has 1 atom stereocenters. The van der Waals surface area contributed by atoms with Crippen LogP contribution >= 0.6 is 0 Å². The van der Waals surface area contributed by atoms with E-state index in [0.29, 0.717) is 25.2 Å². The third kappa shape index (κ3) is 3.28. The predicted molar refractivity (Wildman–Crippen MR) is 96.7 cm³/mol. The molecule has 4 rings (SSSR count). The van der Waals surface area contributed by atoms with Crippen molar-refractivity contribution in [3.05, 3.63) is 67.0 Å². The van der Waals surface area contributed by atoms with Crippen LogP contribution in [0.3, 0.4) is 0 Å². The van der Waals surface area contributed by atoms with Gasteiger partial charge in [0.25, 0.3) is 0 Å². The van der Waals surface area contributed by atoms with Crippen molar-refractivity contribution in [1.29, 1.82) is 0 Å². The summed E-state index contributed by atoms with van der Waals surface area (Å²) in [7, 11) is 0. The van der Waals surface area contributed by atoms with Crippen molar-refractivity contribution in [2.24, 2.45) is 5.92 Å². The lowest BCUT2D eigenvalue weighted by molar-refractivity contribution is -0.119. The Morgan fingerprint density at radius 3 is 2.54 bits per heavy atom. The fraction of sp³-hybridized carbons (Fsp3) is 0.211. The van der Waals surface area contributed by atoms with E-state index in [0.717, 1.165) is 11.4 Å². The molecule has 1 aromatic heterocycles. The van der Waals surface area contributed by atoms with E-state index in [1.165, 1.54) is 6.07 Å². The van der Waals surface area contributed by atoms with E-state index in [1.807, 2.05) is 35.2 Å². The molecule has 3 aromatic rings. The number of amides is 1. The van der Waals surface area contributed by atoms with Gasteiger partial charge in [-0.1, -0.05) is 12.1 Å². The Hall–Kier alpha value is -3.22. The number of nitrogens with one attached hydrogen (secondary N) is 1. The van der Waals surface area contributed by atoms with Crippen LogP contribution in [0.4, 0.5) is 15.8 Å². The Morgan fingerprint density at radius 1 is 1.08 bits per heavy atom. The molecule has 1 N–H and O–H groups in total. The number of rotatable bonds is 4. The standard InChI is InChI=1S/C19H18FN5O/c20-17-3-1-2-4-18(17)24-10-9-14(11-24)19(26)23-15-5-7-16(8-6-15)25-12-21-22-13-25/h1-8,12-14H,9-11H2,(H,23,26). The summed E-state index contributed by atoms with van der Waals surface area (Å²) >= 11 is 0. The Kier molecular flexibility index (Phi) is 4.35. The molecule has 1 unspecified atom stereocenters. The second-order valence-electron chi connectivity index (χ2n) is 6.29. The molecular formula is C19H18FN5O. The van der Waals surface area contributed by atoms with Gasteiger partial charge < -0.3 is 10.2 Å². The summed E-state index contributed by atoms with van der Waals surface area (Å²) < 4.78 is 15.7. The maximum absolute atomic E-state index is 13.9. The summed E-state index contributed by atoms with van der Waals surface area (Å²) in [5.41, 5.74) is 2.21. The first-order chi connectivity index (χ1) is 12.7. The molecule has 1 amide bonds. The average molecular weight is 351 g/mol. The molecule has 0 bridgehead atoms. The predicted octanol–water partition coefficient (Wildman–Crippen LogP) is 2.87. The van der Waals surface area contributed by atoms with Crippen LogP contribution in [0.5, 0.6) is 0 Å². The van der Waals surface area contributed by atoms with E-state index >= 15 is 0 Å². The molecule has 0 saturated carbocycles. The van der Waals surface area contributed by atoms with Crippen LogP contribution in [0.2, 0.25) is 0 Å². The fourth-order valence-electron chi connectivity index (χ4n) is 3.20. The average Bonchev–Trinajstić information content (AvgIpc) is 3.35. The molecule has 1 saturated heterocycles. The summed E-state index contributed by atoms with van der Waals surface area (Å²) in [4.78, 5) is 14.5. The van der Waals surface area contributed by atoms with E-state index in [2.05, 4.69) is 15.5 Å². The molecule has 2 aromatic carbocycles. The molecule has 132 valence electrons. The second-order valence-corrected chi connectivity index (χ2v) is 6.29. The van der Waals surface area contributed by atoms with E-state index in [4.69, 9.17) is 0 Å². The third-order valence-electron chi connectivity index (χ3n) is 4.60. The van der Waals surface area contributed by atoms with Gasteiger partial charge in [0, 0.05) is 24.5 Å². The third-order valence-corrected chi connectivity index (χ3v) is 4.60. The first-order valence-corrected chi connectivity index (χ1v) is 8.46. The number of aromatic nitrogens is 3. The molecule has 1 aliphatic heterocycles. The summed E-state index contributed by atoms with van der Waals surface area (Å²) in [5.74, 6) is -0.453. The Bertz CT molecular complexity index is 895. The highest BCUT2D eigenvalue weighted by Crippen LogP contribution is 2.27. The molecule has 0 spiro atoms. The minimum Gasteiger partial charge on any atom is -0.368 e. The van der Waals surface area contributed by atoms with Gasteiger partial charge >= 0.3 is 0 Å². The topological polar surface area (TPSA) is 63.1 Å². The summed E-state index contributed by atoms with van der Waals surface area (Å²) in [6.07, 6.45) is 3.94. The van der Waals surface area contributed by atoms with Gasteiger partial charge in [-0.15, -0.1) is 10.2 Å². The minimum atomic E-state index is -0.252. The minimum absolute atomic E-state index is 0.0408. The van der Waals surface area contributed by atoms with Gasteiger partial charge in [-0.05, 0) is 42.8 Å². The lowest BCUT2D eigenvalue weighted by Gasteiger charge is -2.19. The summed E-state index contributed by atoms with van der Waals surface area (Å²) in [6.45, 7) is 1.19. The Balaban J connectivity index is 1.39. The molecule has 26 heavy (non-hydrogen) atoms. The van der Waals surface area contributed by atoms with Crippen molar-refractivity contribution in [3.63, 3.8) is 0 Å². The highest BCUT2D eigenvalue weighted by molar-refractivity contribution is 5.93. The molecule has 6 nitrogen and oxygen atoms in total. The van der Waals surface area contributed by atoms with E-state index in [-0.39, 0.29) is 17.6 Å². The summed E-state index contributed by atoms with van der Waals surface area (Å²) in [6, 6.07) is 14.1. The lowest BCUT2D eigenvalue weighted by Crippen LogP contribution is -2.27. The van der Waals surface area contributed by atoms with Crippen LogP contribution in [0.25, 0.3) is 5.69 Å². The van der Waals surface area contributed by atoms with Gasteiger partial charge in [0.15, 0.2) is 0 Å². The van der Waals surface area contributed by atoms with Crippen LogP contribution in [0.15, 0.2) is 61.2 Å². The SMILES string of the molecule is O=C(Nc1ccc(-n2cnnc2)cc1)C1CCN(c2ccccc2F)C1. The van der Waals surface area contributed by atoms with E-state index in [1.54, 1.807) is 29.4 Å². The monoisotopic (exact) mass is 351 g/mol. The number of halogens is 1. The number of hydrogen-bond donors (Lipinski definition) is 1. The molecule has 1 aliphatic rings. The number of carbonyl (C=O) groups is 1. The van der Waals surface area contributed by atoms with Crippen molar-refractivity contribution >= 4 is 17.3 Å². The first-order valence-electron chi connectivity index (χ1n) is 8.46. The maximum atomic E-state index is 13.9. The van der Waals surface area contributed by atoms with Gasteiger partial charge in [-0.3, -0.25) is 9.36 Å².